The largest absolute Gasteiger partial charge is 0.383 e. The molecule has 0 spiro atoms. The number of carbonyl (C=O) groups is 1. The number of anilines is 1. The summed E-state index contributed by atoms with van der Waals surface area (Å²) in [5, 5.41) is 2.85. The van der Waals surface area contributed by atoms with E-state index in [-0.39, 0.29) is 18.5 Å². The number of hydrogen-bond donors (Lipinski definition) is 1. The first-order valence-corrected chi connectivity index (χ1v) is 10.9. The Hall–Kier alpha value is -2.38. The van der Waals surface area contributed by atoms with Crippen LogP contribution < -0.4 is 9.62 Å². The van der Waals surface area contributed by atoms with Gasteiger partial charge in [0.05, 0.1) is 25.1 Å². The van der Waals surface area contributed by atoms with Gasteiger partial charge < -0.3 is 10.1 Å². The van der Waals surface area contributed by atoms with Crippen LogP contribution in [0.2, 0.25) is 0 Å². The number of rotatable bonds is 8. The number of benzene rings is 2. The number of amides is 1. The Balaban J connectivity index is 2.19. The molecule has 0 aliphatic heterocycles. The standard InChI is InChI=1S/C21H28N2O4S/c1-15-6-11-20(12-16(15)2)23(28(5,25)26)13-18-7-9-19(10-8-18)21(24)22-17(3)14-27-4/h6-12,17H,13-14H2,1-5H3,(H,22,24). The minimum Gasteiger partial charge on any atom is -0.383 e. The normalized spacial score (nSPS) is 12.5. The molecular formula is C21H28N2O4S. The van der Waals surface area contributed by atoms with E-state index in [1.54, 1.807) is 31.4 Å². The van der Waals surface area contributed by atoms with E-state index in [0.717, 1.165) is 16.7 Å². The highest BCUT2D eigenvalue weighted by Gasteiger charge is 2.19. The van der Waals surface area contributed by atoms with Crippen molar-refractivity contribution >= 4 is 21.6 Å². The lowest BCUT2D eigenvalue weighted by molar-refractivity contribution is 0.0905. The molecule has 0 fully saturated rings. The maximum absolute atomic E-state index is 12.3. The number of nitrogens with zero attached hydrogens (tertiary/aromatic N) is 1. The first kappa shape index (κ1) is 21.9. The quantitative estimate of drug-likeness (QED) is 0.734. The van der Waals surface area contributed by atoms with E-state index < -0.39 is 10.0 Å². The number of hydrogen-bond acceptors (Lipinski definition) is 4. The van der Waals surface area contributed by atoms with Crippen molar-refractivity contribution in [3.05, 3.63) is 64.7 Å². The number of ether oxygens (including phenoxy) is 1. The van der Waals surface area contributed by atoms with Crippen molar-refractivity contribution in [1.29, 1.82) is 0 Å². The fourth-order valence-corrected chi connectivity index (χ4v) is 3.69. The molecule has 0 aliphatic carbocycles. The zero-order valence-corrected chi connectivity index (χ0v) is 17.8. The van der Waals surface area contributed by atoms with Gasteiger partial charge in [0.15, 0.2) is 0 Å². The lowest BCUT2D eigenvalue weighted by Gasteiger charge is -2.23. The van der Waals surface area contributed by atoms with Crippen LogP contribution in [0, 0.1) is 13.8 Å². The van der Waals surface area contributed by atoms with E-state index in [2.05, 4.69) is 5.32 Å². The van der Waals surface area contributed by atoms with Gasteiger partial charge in [0.25, 0.3) is 5.91 Å². The van der Waals surface area contributed by atoms with Crippen LogP contribution in [0.4, 0.5) is 5.69 Å². The van der Waals surface area contributed by atoms with E-state index in [9.17, 15) is 13.2 Å². The van der Waals surface area contributed by atoms with Gasteiger partial charge in [-0.15, -0.1) is 0 Å². The Morgan fingerprint density at radius 3 is 2.29 bits per heavy atom. The smallest absolute Gasteiger partial charge is 0.251 e. The van der Waals surface area contributed by atoms with Crippen LogP contribution in [0.5, 0.6) is 0 Å². The molecule has 1 unspecified atom stereocenters. The van der Waals surface area contributed by atoms with E-state index in [0.29, 0.717) is 17.9 Å². The van der Waals surface area contributed by atoms with Gasteiger partial charge in [0.2, 0.25) is 10.0 Å². The summed E-state index contributed by atoms with van der Waals surface area (Å²) in [5.41, 5.74) is 4.08. The van der Waals surface area contributed by atoms with Gasteiger partial charge in [0.1, 0.15) is 0 Å². The monoisotopic (exact) mass is 404 g/mol. The van der Waals surface area contributed by atoms with Crippen LogP contribution in [0.3, 0.4) is 0 Å². The molecule has 28 heavy (non-hydrogen) atoms. The summed E-state index contributed by atoms with van der Waals surface area (Å²) in [7, 11) is -1.87. The molecular weight excluding hydrogens is 376 g/mol. The van der Waals surface area contributed by atoms with Gasteiger partial charge in [-0.25, -0.2) is 8.42 Å². The summed E-state index contributed by atoms with van der Waals surface area (Å²) >= 11 is 0. The maximum atomic E-state index is 12.3. The second-order valence-electron chi connectivity index (χ2n) is 7.06. The van der Waals surface area contributed by atoms with Crippen molar-refractivity contribution in [2.45, 2.75) is 33.4 Å². The molecule has 0 aliphatic rings. The average Bonchev–Trinajstić information content (AvgIpc) is 2.62. The van der Waals surface area contributed by atoms with Crippen LogP contribution in [-0.4, -0.2) is 40.3 Å². The van der Waals surface area contributed by atoms with Crippen LogP contribution in [0.25, 0.3) is 0 Å². The number of methoxy groups -OCH3 is 1. The Kier molecular flexibility index (Phi) is 7.21. The molecule has 152 valence electrons. The Morgan fingerprint density at radius 2 is 1.75 bits per heavy atom. The van der Waals surface area contributed by atoms with Gasteiger partial charge in [-0.3, -0.25) is 9.10 Å². The minimum atomic E-state index is -3.45. The predicted molar refractivity (Wildman–Crippen MR) is 112 cm³/mol. The molecule has 1 N–H and O–H groups in total. The van der Waals surface area contributed by atoms with Crippen molar-refractivity contribution in [1.82, 2.24) is 5.32 Å². The van der Waals surface area contributed by atoms with Gasteiger partial charge in [0, 0.05) is 18.7 Å². The zero-order chi connectivity index (χ0) is 20.9. The number of nitrogens with one attached hydrogen (secondary N) is 1. The number of sulfonamides is 1. The summed E-state index contributed by atoms with van der Waals surface area (Å²) in [6.07, 6.45) is 1.20. The van der Waals surface area contributed by atoms with E-state index >= 15 is 0 Å². The second kappa shape index (κ2) is 9.21. The van der Waals surface area contributed by atoms with E-state index in [1.807, 2.05) is 39.0 Å². The summed E-state index contributed by atoms with van der Waals surface area (Å²) in [6, 6.07) is 12.4. The van der Waals surface area contributed by atoms with Crippen molar-refractivity contribution in [3.8, 4) is 0 Å². The van der Waals surface area contributed by atoms with E-state index in [4.69, 9.17) is 4.74 Å². The molecule has 6 nitrogen and oxygen atoms in total. The summed E-state index contributed by atoms with van der Waals surface area (Å²) in [5.74, 6) is -0.190. The predicted octanol–water partition coefficient (Wildman–Crippen LogP) is 3.03. The average molecular weight is 405 g/mol. The molecule has 0 bridgehead atoms. The lowest BCUT2D eigenvalue weighted by Crippen LogP contribution is -2.35. The molecule has 1 amide bonds. The second-order valence-corrected chi connectivity index (χ2v) is 8.97. The van der Waals surface area contributed by atoms with Crippen LogP contribution >= 0.6 is 0 Å². The molecule has 0 heterocycles. The Morgan fingerprint density at radius 1 is 1.11 bits per heavy atom. The third-order valence-electron chi connectivity index (χ3n) is 4.52. The first-order valence-electron chi connectivity index (χ1n) is 9.05. The first-order chi connectivity index (χ1) is 13.1. The third kappa shape index (κ3) is 5.81. The van der Waals surface area contributed by atoms with Gasteiger partial charge in [-0.1, -0.05) is 18.2 Å². The molecule has 2 rings (SSSR count). The van der Waals surface area contributed by atoms with Gasteiger partial charge in [-0.2, -0.15) is 0 Å². The molecule has 2 aromatic carbocycles. The molecule has 7 heteroatoms. The van der Waals surface area contributed by atoms with Crippen LogP contribution in [0.1, 0.15) is 34.0 Å². The highest BCUT2D eigenvalue weighted by atomic mass is 32.2. The van der Waals surface area contributed by atoms with Gasteiger partial charge >= 0.3 is 0 Å². The zero-order valence-electron chi connectivity index (χ0n) is 17.0. The number of carbonyl (C=O) groups excluding carboxylic acids is 1. The third-order valence-corrected chi connectivity index (χ3v) is 5.66. The number of aryl methyl sites for hydroxylation is 2. The molecule has 0 radical (unpaired) electrons. The van der Waals surface area contributed by atoms with Crippen molar-refractivity contribution in [2.75, 3.05) is 24.3 Å². The van der Waals surface area contributed by atoms with Crippen molar-refractivity contribution in [2.24, 2.45) is 0 Å². The van der Waals surface area contributed by atoms with Crippen LogP contribution in [0.15, 0.2) is 42.5 Å². The van der Waals surface area contributed by atoms with E-state index in [1.165, 1.54) is 10.6 Å². The Bertz CT molecular complexity index is 924. The molecule has 0 saturated heterocycles. The maximum Gasteiger partial charge on any atom is 0.251 e. The Labute approximate surface area is 167 Å². The molecule has 0 saturated carbocycles. The lowest BCUT2D eigenvalue weighted by atomic mass is 10.1. The fraction of sp³-hybridized carbons (Fsp3) is 0.381. The molecule has 0 aromatic heterocycles. The van der Waals surface area contributed by atoms with Crippen LogP contribution in [-0.2, 0) is 21.3 Å². The fourth-order valence-electron chi connectivity index (χ4n) is 2.81. The topological polar surface area (TPSA) is 75.7 Å². The van der Waals surface area contributed by atoms with Crippen molar-refractivity contribution < 1.29 is 17.9 Å². The summed E-state index contributed by atoms with van der Waals surface area (Å²) in [4.78, 5) is 12.2. The highest BCUT2D eigenvalue weighted by Crippen LogP contribution is 2.23. The highest BCUT2D eigenvalue weighted by molar-refractivity contribution is 7.92. The summed E-state index contributed by atoms with van der Waals surface area (Å²) < 4.78 is 31.1. The van der Waals surface area contributed by atoms with Crippen molar-refractivity contribution in [3.63, 3.8) is 0 Å². The minimum absolute atomic E-state index is 0.0947. The molecule has 2 aromatic rings. The van der Waals surface area contributed by atoms with Gasteiger partial charge in [-0.05, 0) is 61.7 Å². The summed E-state index contributed by atoms with van der Waals surface area (Å²) in [6.45, 7) is 6.44. The SMILES string of the molecule is COCC(C)NC(=O)c1ccc(CN(c2ccc(C)c(C)c2)S(C)(=O)=O)cc1. The molecule has 1 atom stereocenters.